The summed E-state index contributed by atoms with van der Waals surface area (Å²) >= 11 is 5.82. The van der Waals surface area contributed by atoms with Gasteiger partial charge in [0, 0.05) is 12.0 Å². The summed E-state index contributed by atoms with van der Waals surface area (Å²) < 4.78 is 5.46. The maximum absolute atomic E-state index is 10.9. The van der Waals surface area contributed by atoms with Gasteiger partial charge in [-0.1, -0.05) is 25.4 Å². The van der Waals surface area contributed by atoms with Crippen molar-refractivity contribution in [3.63, 3.8) is 0 Å². The number of oxazole rings is 1. The van der Waals surface area contributed by atoms with Gasteiger partial charge in [-0.2, -0.15) is 0 Å². The van der Waals surface area contributed by atoms with E-state index >= 15 is 0 Å². The van der Waals surface area contributed by atoms with Crippen molar-refractivity contribution in [2.75, 3.05) is 0 Å². The van der Waals surface area contributed by atoms with Crippen molar-refractivity contribution in [2.24, 2.45) is 0 Å². The summed E-state index contributed by atoms with van der Waals surface area (Å²) in [5.74, 6) is -0.339. The van der Waals surface area contributed by atoms with Crippen molar-refractivity contribution in [1.82, 2.24) is 4.98 Å². The molecule has 0 spiro atoms. The molecule has 1 N–H and O–H groups in total. The highest BCUT2D eigenvalue weighted by Crippen LogP contribution is 2.26. The fraction of sp³-hybridized carbons (Fsp3) is 0.273. The summed E-state index contributed by atoms with van der Waals surface area (Å²) in [5, 5.41) is 9.06. The SMILES string of the molecule is CC(C)c1nc2cc(C(=O)O)c(Cl)cc2o1. The molecule has 1 aromatic carbocycles. The van der Waals surface area contributed by atoms with Gasteiger partial charge in [-0.3, -0.25) is 0 Å². The highest BCUT2D eigenvalue weighted by molar-refractivity contribution is 6.34. The van der Waals surface area contributed by atoms with Crippen LogP contribution < -0.4 is 0 Å². The number of nitrogens with zero attached hydrogens (tertiary/aromatic N) is 1. The molecule has 1 aromatic heterocycles. The summed E-state index contributed by atoms with van der Waals surface area (Å²) in [6.07, 6.45) is 0. The smallest absolute Gasteiger partial charge is 0.337 e. The molecular weight excluding hydrogens is 230 g/mol. The van der Waals surface area contributed by atoms with Gasteiger partial charge in [0.05, 0.1) is 10.6 Å². The zero-order valence-electron chi connectivity index (χ0n) is 8.82. The van der Waals surface area contributed by atoms with Gasteiger partial charge in [0.15, 0.2) is 11.5 Å². The zero-order chi connectivity index (χ0) is 11.9. The van der Waals surface area contributed by atoms with E-state index in [9.17, 15) is 4.79 Å². The van der Waals surface area contributed by atoms with Crippen molar-refractivity contribution in [3.8, 4) is 0 Å². The van der Waals surface area contributed by atoms with Gasteiger partial charge in [0.25, 0.3) is 0 Å². The minimum absolute atomic E-state index is 0.0396. The van der Waals surface area contributed by atoms with Gasteiger partial charge in [-0.15, -0.1) is 0 Å². The summed E-state index contributed by atoms with van der Waals surface area (Å²) in [5.41, 5.74) is 1.07. The molecule has 2 aromatic rings. The van der Waals surface area contributed by atoms with E-state index in [2.05, 4.69) is 4.98 Å². The van der Waals surface area contributed by atoms with Crippen LogP contribution in [-0.4, -0.2) is 16.1 Å². The molecule has 5 heteroatoms. The Morgan fingerprint density at radius 2 is 2.19 bits per heavy atom. The molecule has 0 aliphatic heterocycles. The van der Waals surface area contributed by atoms with Crippen molar-refractivity contribution in [2.45, 2.75) is 19.8 Å². The van der Waals surface area contributed by atoms with Gasteiger partial charge in [-0.25, -0.2) is 9.78 Å². The van der Waals surface area contributed by atoms with Gasteiger partial charge in [0.1, 0.15) is 5.52 Å². The zero-order valence-corrected chi connectivity index (χ0v) is 9.58. The molecule has 0 fully saturated rings. The van der Waals surface area contributed by atoms with Crippen LogP contribution in [0.1, 0.15) is 36.0 Å². The Morgan fingerprint density at radius 3 is 2.75 bits per heavy atom. The maximum Gasteiger partial charge on any atom is 0.337 e. The Labute approximate surface area is 96.8 Å². The first-order chi connectivity index (χ1) is 7.49. The first kappa shape index (κ1) is 11.0. The Balaban J connectivity index is 2.65. The second-order valence-electron chi connectivity index (χ2n) is 3.81. The van der Waals surface area contributed by atoms with Crippen LogP contribution in [0.25, 0.3) is 11.1 Å². The Kier molecular flexibility index (Phi) is 2.59. The number of aromatic carboxylic acids is 1. The average Bonchev–Trinajstić information content (AvgIpc) is 2.58. The van der Waals surface area contributed by atoms with E-state index in [0.29, 0.717) is 17.0 Å². The topological polar surface area (TPSA) is 63.3 Å². The molecule has 0 amide bonds. The molecule has 1 heterocycles. The number of halogens is 1. The van der Waals surface area contributed by atoms with Gasteiger partial charge in [0.2, 0.25) is 0 Å². The third kappa shape index (κ3) is 1.76. The van der Waals surface area contributed by atoms with Gasteiger partial charge in [-0.05, 0) is 6.07 Å². The predicted molar refractivity (Wildman–Crippen MR) is 60.1 cm³/mol. The number of fused-ring (bicyclic) bond motifs is 1. The summed E-state index contributed by atoms with van der Waals surface area (Å²) in [7, 11) is 0. The third-order valence-electron chi connectivity index (χ3n) is 2.22. The minimum atomic E-state index is -1.07. The summed E-state index contributed by atoms with van der Waals surface area (Å²) in [6.45, 7) is 3.90. The normalized spacial score (nSPS) is 11.2. The van der Waals surface area contributed by atoms with Crippen molar-refractivity contribution < 1.29 is 14.3 Å². The molecule has 84 valence electrons. The number of aromatic nitrogens is 1. The van der Waals surface area contributed by atoms with E-state index in [1.54, 1.807) is 0 Å². The second-order valence-corrected chi connectivity index (χ2v) is 4.22. The molecule has 0 aliphatic carbocycles. The first-order valence-corrected chi connectivity index (χ1v) is 5.20. The molecule has 0 unspecified atom stereocenters. The number of carboxylic acids is 1. The van der Waals surface area contributed by atoms with Crippen LogP contribution in [0.3, 0.4) is 0 Å². The van der Waals surface area contributed by atoms with Crippen molar-refractivity contribution >= 4 is 28.7 Å². The van der Waals surface area contributed by atoms with Crippen LogP contribution in [0.15, 0.2) is 16.5 Å². The molecule has 0 atom stereocenters. The lowest BCUT2D eigenvalue weighted by Gasteiger charge is -1.96. The lowest BCUT2D eigenvalue weighted by molar-refractivity contribution is 0.0697. The van der Waals surface area contributed by atoms with Crippen LogP contribution in [0.5, 0.6) is 0 Å². The predicted octanol–water partition coefficient (Wildman–Crippen LogP) is 3.30. The third-order valence-corrected chi connectivity index (χ3v) is 2.53. The van der Waals surface area contributed by atoms with Gasteiger partial charge >= 0.3 is 5.97 Å². The largest absolute Gasteiger partial charge is 0.478 e. The first-order valence-electron chi connectivity index (χ1n) is 4.82. The second kappa shape index (κ2) is 3.79. The van der Waals surface area contributed by atoms with Crippen LogP contribution in [0, 0.1) is 0 Å². The lowest BCUT2D eigenvalue weighted by atomic mass is 10.2. The average molecular weight is 240 g/mol. The molecule has 4 nitrogen and oxygen atoms in total. The van der Waals surface area contributed by atoms with E-state index in [4.69, 9.17) is 21.1 Å². The molecule has 16 heavy (non-hydrogen) atoms. The summed E-state index contributed by atoms with van der Waals surface area (Å²) in [6, 6.07) is 2.91. The minimum Gasteiger partial charge on any atom is -0.478 e. The quantitative estimate of drug-likeness (QED) is 0.873. The van der Waals surface area contributed by atoms with E-state index in [1.165, 1.54) is 12.1 Å². The van der Waals surface area contributed by atoms with Crippen LogP contribution in [0.2, 0.25) is 5.02 Å². The van der Waals surface area contributed by atoms with Crippen LogP contribution >= 0.6 is 11.6 Å². The number of benzene rings is 1. The molecule has 0 aliphatic rings. The van der Waals surface area contributed by atoms with E-state index in [0.717, 1.165) is 0 Å². The standard InChI is InChI=1S/C11H10ClNO3/c1-5(2)10-13-8-3-6(11(14)15)7(12)4-9(8)16-10/h3-5H,1-2H3,(H,14,15). The molecular formula is C11H10ClNO3. The monoisotopic (exact) mass is 239 g/mol. The number of carboxylic acid groups (broad SMARTS) is 1. The summed E-state index contributed by atoms with van der Waals surface area (Å²) in [4.78, 5) is 15.1. The van der Waals surface area contributed by atoms with Crippen molar-refractivity contribution in [1.29, 1.82) is 0 Å². The Morgan fingerprint density at radius 1 is 1.50 bits per heavy atom. The Bertz CT molecular complexity index is 560. The number of rotatable bonds is 2. The van der Waals surface area contributed by atoms with E-state index in [1.807, 2.05) is 13.8 Å². The number of carbonyl (C=O) groups is 1. The molecule has 2 rings (SSSR count). The Hall–Kier alpha value is -1.55. The van der Waals surface area contributed by atoms with Crippen LogP contribution in [0.4, 0.5) is 0 Å². The fourth-order valence-electron chi connectivity index (χ4n) is 1.38. The highest BCUT2D eigenvalue weighted by Gasteiger charge is 2.15. The molecule has 0 saturated carbocycles. The van der Waals surface area contributed by atoms with Gasteiger partial charge < -0.3 is 9.52 Å². The van der Waals surface area contributed by atoms with E-state index < -0.39 is 5.97 Å². The lowest BCUT2D eigenvalue weighted by Crippen LogP contribution is -1.96. The number of hydrogen-bond donors (Lipinski definition) is 1. The fourth-order valence-corrected chi connectivity index (χ4v) is 1.61. The highest BCUT2D eigenvalue weighted by atomic mass is 35.5. The molecule has 0 saturated heterocycles. The van der Waals surface area contributed by atoms with Crippen molar-refractivity contribution in [3.05, 3.63) is 28.6 Å². The number of hydrogen-bond acceptors (Lipinski definition) is 3. The van der Waals surface area contributed by atoms with Crippen LogP contribution in [-0.2, 0) is 0 Å². The molecule has 0 radical (unpaired) electrons. The van der Waals surface area contributed by atoms with E-state index in [-0.39, 0.29) is 16.5 Å². The maximum atomic E-state index is 10.9. The molecule has 0 bridgehead atoms.